The van der Waals surface area contributed by atoms with Gasteiger partial charge < -0.3 is 19.4 Å². The lowest BCUT2D eigenvalue weighted by Gasteiger charge is -2.18. The van der Waals surface area contributed by atoms with E-state index in [2.05, 4.69) is 10.2 Å². The van der Waals surface area contributed by atoms with Crippen molar-refractivity contribution in [2.75, 3.05) is 27.2 Å². The molecule has 1 aromatic carbocycles. The molecule has 2 aromatic rings. The van der Waals surface area contributed by atoms with Gasteiger partial charge in [-0.05, 0) is 78.0 Å². The molecule has 1 N–H and O–H groups in total. The van der Waals surface area contributed by atoms with E-state index in [9.17, 15) is 9.59 Å². The van der Waals surface area contributed by atoms with E-state index < -0.39 is 6.10 Å². The van der Waals surface area contributed by atoms with Crippen LogP contribution in [0.4, 0.5) is 0 Å². The highest BCUT2D eigenvalue weighted by atomic mass is 16.5. The molecule has 1 heterocycles. The molecule has 0 bridgehead atoms. The Hall–Kier alpha value is -2.34. The number of hydrogen-bond acceptors (Lipinski definition) is 5. The third-order valence-electron chi connectivity index (χ3n) is 4.41. The van der Waals surface area contributed by atoms with Gasteiger partial charge in [0.1, 0.15) is 11.3 Å². The Bertz CT molecular complexity index is 855. The third-order valence-corrected chi connectivity index (χ3v) is 4.41. The normalized spacial score (nSPS) is 12.4. The minimum Gasteiger partial charge on any atom is -0.480 e. The van der Waals surface area contributed by atoms with Crippen molar-refractivity contribution in [1.29, 1.82) is 0 Å². The SMILES string of the molecule is Cc1cc(O[C@H](C)C(=O)NCCCN(C)C)c2c(C)c(C)c(=O)oc2c1. The number of carbonyl (C=O) groups excluding carboxylic acids is 1. The molecule has 1 atom stereocenters. The Kier molecular flexibility index (Phi) is 6.42. The molecule has 0 saturated carbocycles. The smallest absolute Gasteiger partial charge is 0.339 e. The molecular weight excluding hydrogens is 332 g/mol. The molecule has 2 rings (SSSR count). The van der Waals surface area contributed by atoms with Crippen molar-refractivity contribution in [3.8, 4) is 5.75 Å². The van der Waals surface area contributed by atoms with Gasteiger partial charge in [-0.15, -0.1) is 0 Å². The lowest BCUT2D eigenvalue weighted by molar-refractivity contribution is -0.127. The van der Waals surface area contributed by atoms with Crippen LogP contribution in [0.5, 0.6) is 5.75 Å². The fourth-order valence-electron chi connectivity index (χ4n) is 2.78. The molecule has 0 radical (unpaired) electrons. The number of rotatable bonds is 7. The molecule has 26 heavy (non-hydrogen) atoms. The lowest BCUT2D eigenvalue weighted by Crippen LogP contribution is -2.37. The number of ether oxygens (including phenoxy) is 1. The number of benzene rings is 1. The van der Waals surface area contributed by atoms with Gasteiger partial charge in [0.15, 0.2) is 6.10 Å². The van der Waals surface area contributed by atoms with Gasteiger partial charge in [0.2, 0.25) is 0 Å². The molecular formula is C20H28N2O4. The first kappa shape index (κ1) is 20.0. The van der Waals surface area contributed by atoms with Crippen molar-refractivity contribution in [3.05, 3.63) is 39.2 Å². The van der Waals surface area contributed by atoms with E-state index in [0.29, 0.717) is 23.4 Å². The predicted octanol–water partition coefficient (Wildman–Crippen LogP) is 2.55. The monoisotopic (exact) mass is 360 g/mol. The fourth-order valence-corrected chi connectivity index (χ4v) is 2.78. The van der Waals surface area contributed by atoms with E-state index in [1.807, 2.05) is 40.1 Å². The molecule has 0 spiro atoms. The van der Waals surface area contributed by atoms with Crippen LogP contribution in [0, 0.1) is 20.8 Å². The summed E-state index contributed by atoms with van der Waals surface area (Å²) in [6.45, 7) is 8.72. The maximum atomic E-state index is 12.3. The van der Waals surface area contributed by atoms with E-state index in [0.717, 1.165) is 29.5 Å². The number of nitrogens with zero attached hydrogens (tertiary/aromatic N) is 1. The minimum atomic E-state index is -0.647. The number of amides is 1. The molecule has 0 unspecified atom stereocenters. The highest BCUT2D eigenvalue weighted by Crippen LogP contribution is 2.31. The highest BCUT2D eigenvalue weighted by Gasteiger charge is 2.19. The van der Waals surface area contributed by atoms with Gasteiger partial charge in [-0.3, -0.25) is 4.79 Å². The van der Waals surface area contributed by atoms with Crippen LogP contribution in [0.3, 0.4) is 0 Å². The summed E-state index contributed by atoms with van der Waals surface area (Å²) in [4.78, 5) is 26.3. The summed E-state index contributed by atoms with van der Waals surface area (Å²) in [6.07, 6.45) is 0.230. The first-order chi connectivity index (χ1) is 12.2. The number of nitrogens with one attached hydrogen (secondary N) is 1. The Balaban J connectivity index is 2.20. The van der Waals surface area contributed by atoms with Crippen LogP contribution in [0.15, 0.2) is 21.3 Å². The molecule has 0 saturated heterocycles. The molecule has 0 aliphatic heterocycles. The van der Waals surface area contributed by atoms with Crippen LogP contribution in [-0.4, -0.2) is 44.1 Å². The summed E-state index contributed by atoms with van der Waals surface area (Å²) in [7, 11) is 4.00. The summed E-state index contributed by atoms with van der Waals surface area (Å²) < 4.78 is 11.3. The van der Waals surface area contributed by atoms with Gasteiger partial charge in [0.05, 0.1) is 5.39 Å². The largest absolute Gasteiger partial charge is 0.480 e. The Morgan fingerprint density at radius 3 is 2.58 bits per heavy atom. The standard InChI is InChI=1S/C20H28N2O4/c1-12-10-16(18-13(2)14(3)20(24)26-17(18)11-12)25-15(4)19(23)21-8-7-9-22(5)6/h10-11,15H,7-9H2,1-6H3,(H,21,23)/t15-/m1/s1. The zero-order valence-corrected chi connectivity index (χ0v) is 16.4. The maximum absolute atomic E-state index is 12.3. The second-order valence-electron chi connectivity index (χ2n) is 6.98. The van der Waals surface area contributed by atoms with Crippen LogP contribution < -0.4 is 15.7 Å². The van der Waals surface area contributed by atoms with Crippen molar-refractivity contribution < 1.29 is 13.9 Å². The second kappa shape index (κ2) is 8.36. The van der Waals surface area contributed by atoms with E-state index in [4.69, 9.17) is 9.15 Å². The van der Waals surface area contributed by atoms with Gasteiger partial charge in [0, 0.05) is 12.1 Å². The van der Waals surface area contributed by atoms with E-state index >= 15 is 0 Å². The summed E-state index contributed by atoms with van der Waals surface area (Å²) in [5, 5.41) is 3.63. The quantitative estimate of drug-likeness (QED) is 0.607. The second-order valence-corrected chi connectivity index (χ2v) is 6.98. The van der Waals surface area contributed by atoms with Crippen molar-refractivity contribution >= 4 is 16.9 Å². The number of aryl methyl sites for hydroxylation is 2. The van der Waals surface area contributed by atoms with Gasteiger partial charge in [0.25, 0.3) is 5.91 Å². The van der Waals surface area contributed by atoms with Crippen molar-refractivity contribution in [3.63, 3.8) is 0 Å². The summed E-state index contributed by atoms with van der Waals surface area (Å²) in [5.74, 6) is 0.394. The molecule has 0 aliphatic rings. The molecule has 6 heteroatoms. The van der Waals surface area contributed by atoms with Crippen LogP contribution in [0.25, 0.3) is 11.0 Å². The van der Waals surface area contributed by atoms with Crippen molar-refractivity contribution in [1.82, 2.24) is 10.2 Å². The van der Waals surface area contributed by atoms with E-state index in [-0.39, 0.29) is 11.5 Å². The fraction of sp³-hybridized carbons (Fsp3) is 0.500. The average molecular weight is 360 g/mol. The highest BCUT2D eigenvalue weighted by molar-refractivity contribution is 5.89. The minimum absolute atomic E-state index is 0.162. The number of fused-ring (bicyclic) bond motifs is 1. The van der Waals surface area contributed by atoms with Gasteiger partial charge >= 0.3 is 5.63 Å². The summed E-state index contributed by atoms with van der Waals surface area (Å²) in [5.41, 5.74) is 2.39. The zero-order chi connectivity index (χ0) is 19.4. The molecule has 142 valence electrons. The van der Waals surface area contributed by atoms with Crippen LogP contribution in [0.1, 0.15) is 30.0 Å². The molecule has 1 amide bonds. The first-order valence-electron chi connectivity index (χ1n) is 8.84. The number of hydrogen-bond donors (Lipinski definition) is 1. The lowest BCUT2D eigenvalue weighted by atomic mass is 10.0. The average Bonchev–Trinajstić information content (AvgIpc) is 2.55. The van der Waals surface area contributed by atoms with Crippen LogP contribution in [0.2, 0.25) is 0 Å². The Morgan fingerprint density at radius 2 is 1.92 bits per heavy atom. The summed E-state index contributed by atoms with van der Waals surface area (Å²) >= 11 is 0. The zero-order valence-electron chi connectivity index (χ0n) is 16.4. The van der Waals surface area contributed by atoms with E-state index in [1.54, 1.807) is 13.8 Å². The van der Waals surface area contributed by atoms with Crippen LogP contribution >= 0.6 is 0 Å². The molecule has 0 aliphatic carbocycles. The Labute approximate surface area is 154 Å². The summed E-state index contributed by atoms with van der Waals surface area (Å²) in [6, 6.07) is 3.67. The molecule has 0 fully saturated rings. The van der Waals surface area contributed by atoms with Crippen molar-refractivity contribution in [2.45, 2.75) is 40.2 Å². The topological polar surface area (TPSA) is 71.8 Å². The predicted molar refractivity (Wildman–Crippen MR) is 103 cm³/mol. The first-order valence-corrected chi connectivity index (χ1v) is 8.84. The van der Waals surface area contributed by atoms with Crippen LogP contribution in [-0.2, 0) is 4.79 Å². The maximum Gasteiger partial charge on any atom is 0.339 e. The molecule has 1 aromatic heterocycles. The van der Waals surface area contributed by atoms with Gasteiger partial charge in [-0.2, -0.15) is 0 Å². The van der Waals surface area contributed by atoms with Gasteiger partial charge in [-0.25, -0.2) is 4.79 Å². The number of carbonyl (C=O) groups is 1. The Morgan fingerprint density at radius 1 is 1.23 bits per heavy atom. The van der Waals surface area contributed by atoms with E-state index in [1.165, 1.54) is 0 Å². The molecule has 6 nitrogen and oxygen atoms in total. The third kappa shape index (κ3) is 4.64. The van der Waals surface area contributed by atoms with Crippen molar-refractivity contribution in [2.24, 2.45) is 0 Å². The van der Waals surface area contributed by atoms with Gasteiger partial charge in [-0.1, -0.05) is 0 Å².